The third-order valence-corrected chi connectivity index (χ3v) is 5.16. The fraction of sp³-hybridized carbons (Fsp3) is 0.400. The molecule has 1 fully saturated rings. The maximum atomic E-state index is 13.3. The van der Waals surface area contributed by atoms with Gasteiger partial charge >= 0.3 is 0 Å². The lowest BCUT2D eigenvalue weighted by atomic mass is 10.2. The molecule has 1 aliphatic heterocycles. The Hall–Kier alpha value is -0.620. The SMILES string of the molecule is CC1CN(c2ccc(Br)c(F)c2)S(=O)(=O)C1. The van der Waals surface area contributed by atoms with Gasteiger partial charge in [-0.1, -0.05) is 6.92 Å². The lowest BCUT2D eigenvalue weighted by molar-refractivity contribution is 0.597. The zero-order valence-corrected chi connectivity index (χ0v) is 11.1. The number of halogens is 2. The molecule has 1 saturated heterocycles. The van der Waals surface area contributed by atoms with Gasteiger partial charge in [0.05, 0.1) is 15.9 Å². The summed E-state index contributed by atoms with van der Waals surface area (Å²) < 4.78 is 38.4. The van der Waals surface area contributed by atoms with Crippen LogP contribution in [0, 0.1) is 11.7 Å². The molecule has 0 spiro atoms. The monoisotopic (exact) mass is 307 g/mol. The predicted molar refractivity (Wildman–Crippen MR) is 64.4 cm³/mol. The molecule has 0 saturated carbocycles. The first-order valence-corrected chi connectivity index (χ1v) is 7.26. The summed E-state index contributed by atoms with van der Waals surface area (Å²) in [6.45, 7) is 2.29. The average Bonchev–Trinajstić information content (AvgIpc) is 2.44. The highest BCUT2D eigenvalue weighted by Crippen LogP contribution is 2.29. The highest BCUT2D eigenvalue weighted by Gasteiger charge is 2.33. The summed E-state index contributed by atoms with van der Waals surface area (Å²) in [5, 5.41) is 0. The fourth-order valence-electron chi connectivity index (χ4n) is 1.81. The van der Waals surface area contributed by atoms with Crippen molar-refractivity contribution in [2.75, 3.05) is 16.6 Å². The average molecular weight is 308 g/mol. The van der Waals surface area contributed by atoms with Gasteiger partial charge in [0.25, 0.3) is 0 Å². The van der Waals surface area contributed by atoms with E-state index in [2.05, 4.69) is 15.9 Å². The van der Waals surface area contributed by atoms with Gasteiger partial charge in [0.2, 0.25) is 10.0 Å². The Bertz CT molecular complexity index is 518. The van der Waals surface area contributed by atoms with Gasteiger partial charge in [-0.25, -0.2) is 12.8 Å². The summed E-state index contributed by atoms with van der Waals surface area (Å²) in [7, 11) is -3.27. The third kappa shape index (κ3) is 2.08. The number of sulfonamides is 1. The Morgan fingerprint density at radius 1 is 1.50 bits per heavy atom. The lowest BCUT2D eigenvalue weighted by Crippen LogP contribution is -2.25. The van der Waals surface area contributed by atoms with Crippen LogP contribution in [0.5, 0.6) is 0 Å². The molecule has 1 atom stereocenters. The maximum Gasteiger partial charge on any atom is 0.235 e. The standard InChI is InChI=1S/C10H11BrFNO2S/c1-7-5-13(16(14,15)6-7)8-2-3-9(11)10(12)4-8/h2-4,7H,5-6H2,1H3. The Balaban J connectivity index is 2.42. The van der Waals surface area contributed by atoms with Crippen LogP contribution in [0.25, 0.3) is 0 Å². The van der Waals surface area contributed by atoms with Crippen LogP contribution in [0.15, 0.2) is 22.7 Å². The van der Waals surface area contributed by atoms with Crippen LogP contribution < -0.4 is 4.31 Å². The largest absolute Gasteiger partial charge is 0.270 e. The molecular weight excluding hydrogens is 297 g/mol. The van der Waals surface area contributed by atoms with Crippen molar-refractivity contribution in [1.82, 2.24) is 0 Å². The van der Waals surface area contributed by atoms with Crippen LogP contribution >= 0.6 is 15.9 Å². The third-order valence-electron chi connectivity index (χ3n) is 2.50. The van der Waals surface area contributed by atoms with Crippen molar-refractivity contribution in [3.05, 3.63) is 28.5 Å². The Kier molecular flexibility index (Phi) is 2.96. The molecule has 88 valence electrons. The van der Waals surface area contributed by atoms with E-state index in [4.69, 9.17) is 0 Å². The van der Waals surface area contributed by atoms with Crippen molar-refractivity contribution >= 4 is 31.6 Å². The first-order valence-electron chi connectivity index (χ1n) is 4.85. The van der Waals surface area contributed by atoms with Crippen LogP contribution in [-0.4, -0.2) is 20.7 Å². The molecule has 0 amide bonds. The molecule has 2 rings (SSSR count). The van der Waals surface area contributed by atoms with E-state index in [1.165, 1.54) is 16.4 Å². The van der Waals surface area contributed by atoms with Gasteiger partial charge in [0.1, 0.15) is 5.82 Å². The summed E-state index contributed by atoms with van der Waals surface area (Å²) in [4.78, 5) is 0. The summed E-state index contributed by atoms with van der Waals surface area (Å²) in [5.41, 5.74) is 0.394. The minimum absolute atomic E-state index is 0.0803. The van der Waals surface area contributed by atoms with Crippen molar-refractivity contribution in [1.29, 1.82) is 0 Å². The second-order valence-corrected chi connectivity index (χ2v) is 6.81. The van der Waals surface area contributed by atoms with Gasteiger partial charge in [-0.05, 0) is 40.0 Å². The smallest absolute Gasteiger partial charge is 0.235 e. The van der Waals surface area contributed by atoms with E-state index >= 15 is 0 Å². The molecular formula is C10H11BrFNO2S. The van der Waals surface area contributed by atoms with Gasteiger partial charge in [-0.3, -0.25) is 4.31 Å². The molecule has 1 aromatic rings. The summed E-state index contributed by atoms with van der Waals surface area (Å²) in [5.74, 6) is -0.242. The summed E-state index contributed by atoms with van der Waals surface area (Å²) in [6.07, 6.45) is 0. The van der Waals surface area contributed by atoms with E-state index in [9.17, 15) is 12.8 Å². The molecule has 3 nitrogen and oxygen atoms in total. The van der Waals surface area contributed by atoms with Gasteiger partial charge in [0, 0.05) is 6.54 Å². The number of hydrogen-bond donors (Lipinski definition) is 0. The molecule has 1 heterocycles. The zero-order valence-electron chi connectivity index (χ0n) is 8.65. The Morgan fingerprint density at radius 3 is 2.69 bits per heavy atom. The van der Waals surface area contributed by atoms with E-state index in [1.54, 1.807) is 6.07 Å². The molecule has 0 aromatic heterocycles. The number of anilines is 1. The minimum Gasteiger partial charge on any atom is -0.270 e. The van der Waals surface area contributed by atoms with Crippen LogP contribution in [0.4, 0.5) is 10.1 Å². The molecule has 0 bridgehead atoms. The lowest BCUT2D eigenvalue weighted by Gasteiger charge is -2.17. The van der Waals surface area contributed by atoms with Gasteiger partial charge in [-0.2, -0.15) is 0 Å². The first kappa shape index (κ1) is 11.9. The van der Waals surface area contributed by atoms with Crippen LogP contribution in [-0.2, 0) is 10.0 Å². The zero-order chi connectivity index (χ0) is 11.9. The van der Waals surface area contributed by atoms with Crippen LogP contribution in [0.3, 0.4) is 0 Å². The number of rotatable bonds is 1. The second-order valence-electron chi connectivity index (χ2n) is 4.01. The molecule has 1 unspecified atom stereocenters. The van der Waals surface area contributed by atoms with E-state index in [0.29, 0.717) is 16.7 Å². The molecule has 1 aromatic carbocycles. The number of hydrogen-bond acceptors (Lipinski definition) is 2. The maximum absolute atomic E-state index is 13.3. The van der Waals surface area contributed by atoms with E-state index < -0.39 is 15.8 Å². The topological polar surface area (TPSA) is 37.4 Å². The van der Waals surface area contributed by atoms with Crippen LogP contribution in [0.2, 0.25) is 0 Å². The Labute approximate surface area is 102 Å². The second kappa shape index (κ2) is 4.00. The minimum atomic E-state index is -3.27. The molecule has 0 radical (unpaired) electrons. The molecule has 0 N–H and O–H groups in total. The van der Waals surface area contributed by atoms with E-state index in [-0.39, 0.29) is 11.7 Å². The predicted octanol–water partition coefficient (Wildman–Crippen LogP) is 2.37. The van der Waals surface area contributed by atoms with Crippen molar-refractivity contribution in [2.24, 2.45) is 5.92 Å². The molecule has 16 heavy (non-hydrogen) atoms. The highest BCUT2D eigenvalue weighted by atomic mass is 79.9. The van der Waals surface area contributed by atoms with Crippen molar-refractivity contribution < 1.29 is 12.8 Å². The Morgan fingerprint density at radius 2 is 2.19 bits per heavy atom. The first-order chi connectivity index (χ1) is 7.40. The van der Waals surface area contributed by atoms with Gasteiger partial charge < -0.3 is 0 Å². The summed E-state index contributed by atoms with van der Waals surface area (Å²) >= 11 is 3.04. The summed E-state index contributed by atoms with van der Waals surface area (Å²) in [6, 6.07) is 4.35. The number of benzene rings is 1. The van der Waals surface area contributed by atoms with Crippen molar-refractivity contribution in [2.45, 2.75) is 6.92 Å². The van der Waals surface area contributed by atoms with Gasteiger partial charge in [0.15, 0.2) is 0 Å². The van der Waals surface area contributed by atoms with Crippen molar-refractivity contribution in [3.63, 3.8) is 0 Å². The fourth-order valence-corrected chi connectivity index (χ4v) is 3.97. The number of nitrogens with zero attached hydrogens (tertiary/aromatic N) is 1. The molecule has 0 aliphatic carbocycles. The quantitative estimate of drug-likeness (QED) is 0.799. The van der Waals surface area contributed by atoms with E-state index in [0.717, 1.165) is 0 Å². The van der Waals surface area contributed by atoms with Crippen molar-refractivity contribution in [3.8, 4) is 0 Å². The van der Waals surface area contributed by atoms with E-state index in [1.807, 2.05) is 6.92 Å². The van der Waals surface area contributed by atoms with Gasteiger partial charge in [-0.15, -0.1) is 0 Å². The highest BCUT2D eigenvalue weighted by molar-refractivity contribution is 9.10. The molecule has 1 aliphatic rings. The van der Waals surface area contributed by atoms with Crippen LogP contribution in [0.1, 0.15) is 6.92 Å². The normalized spacial score (nSPS) is 23.7. The molecule has 6 heteroatoms.